The van der Waals surface area contributed by atoms with Crippen LogP contribution in [0.4, 0.5) is 20.2 Å². The fourth-order valence-corrected chi connectivity index (χ4v) is 4.34. The van der Waals surface area contributed by atoms with Crippen molar-refractivity contribution in [3.63, 3.8) is 0 Å². The first kappa shape index (κ1) is 28.2. The summed E-state index contributed by atoms with van der Waals surface area (Å²) >= 11 is 6.23. The third kappa shape index (κ3) is 5.95. The van der Waals surface area contributed by atoms with Crippen molar-refractivity contribution in [2.75, 3.05) is 23.1 Å². The number of amides is 2. The number of hydrogen-bond donors (Lipinski definition) is 2. The van der Waals surface area contributed by atoms with E-state index in [1.54, 1.807) is 18.2 Å². The second kappa shape index (κ2) is 11.1. The molecule has 1 aliphatic rings. The minimum absolute atomic E-state index is 0.0237. The summed E-state index contributed by atoms with van der Waals surface area (Å²) < 4.78 is 33.8. The lowest BCUT2D eigenvalue weighted by Gasteiger charge is -2.25. The SMILES string of the molecule is CC(C)(O)C(=O)N1CN(C(=O)CCO)c2ccc(Cn3ccc(OCc4ccc(F)cc4F)c(Cl)c3=O)cc21. The molecule has 206 valence electrons. The average Bonchev–Trinajstić information content (AvgIpc) is 3.25. The van der Waals surface area contributed by atoms with Crippen LogP contribution in [-0.4, -0.2) is 45.5 Å². The van der Waals surface area contributed by atoms with Crippen LogP contribution in [-0.2, 0) is 22.7 Å². The summed E-state index contributed by atoms with van der Waals surface area (Å²) in [4.78, 5) is 41.0. The van der Waals surface area contributed by atoms with Crippen LogP contribution < -0.4 is 20.1 Å². The molecule has 12 heteroatoms. The zero-order chi connectivity index (χ0) is 28.5. The van der Waals surface area contributed by atoms with Crippen molar-refractivity contribution in [3.05, 3.63) is 86.8 Å². The maximum Gasteiger partial charge on any atom is 0.273 e. The van der Waals surface area contributed by atoms with Gasteiger partial charge in [-0.15, -0.1) is 0 Å². The normalized spacial score (nSPS) is 13.0. The highest BCUT2D eigenvalue weighted by atomic mass is 35.5. The van der Waals surface area contributed by atoms with Gasteiger partial charge in [0.1, 0.15) is 41.3 Å². The standard InChI is InChI=1S/C27H26ClF2N3O6/c1-27(2,38)26(37)33-15-32(23(35)8-10-34)20-6-3-16(11-21(20)33)13-31-9-7-22(24(28)25(31)36)39-14-17-4-5-18(29)12-19(17)30/h3-7,9,11-12,34,38H,8,10,13-15H2,1-2H3. The Bertz CT molecular complexity index is 1490. The van der Waals surface area contributed by atoms with Crippen LogP contribution in [0.2, 0.25) is 5.02 Å². The zero-order valence-electron chi connectivity index (χ0n) is 21.2. The smallest absolute Gasteiger partial charge is 0.273 e. The van der Waals surface area contributed by atoms with Crippen molar-refractivity contribution < 1.29 is 33.3 Å². The van der Waals surface area contributed by atoms with E-state index in [2.05, 4.69) is 0 Å². The highest BCUT2D eigenvalue weighted by Gasteiger charge is 2.39. The quantitative estimate of drug-likeness (QED) is 0.437. The van der Waals surface area contributed by atoms with Gasteiger partial charge in [0, 0.05) is 17.8 Å². The minimum atomic E-state index is -1.71. The van der Waals surface area contributed by atoms with Crippen LogP contribution in [0, 0.1) is 11.6 Å². The summed E-state index contributed by atoms with van der Waals surface area (Å²) in [5.74, 6) is -2.50. The van der Waals surface area contributed by atoms with E-state index in [9.17, 15) is 33.4 Å². The third-order valence-corrected chi connectivity index (χ3v) is 6.47. The molecule has 1 aromatic heterocycles. The van der Waals surface area contributed by atoms with Crippen LogP contribution in [0.15, 0.2) is 53.5 Å². The molecule has 2 amide bonds. The van der Waals surface area contributed by atoms with Gasteiger partial charge in [0.2, 0.25) is 5.91 Å². The van der Waals surface area contributed by atoms with Gasteiger partial charge >= 0.3 is 0 Å². The largest absolute Gasteiger partial charge is 0.487 e. The molecule has 9 nitrogen and oxygen atoms in total. The highest BCUT2D eigenvalue weighted by molar-refractivity contribution is 6.31. The number of benzene rings is 2. The predicted molar refractivity (Wildman–Crippen MR) is 140 cm³/mol. The Kier molecular flexibility index (Phi) is 8.05. The van der Waals surface area contributed by atoms with Gasteiger partial charge in [0.15, 0.2) is 0 Å². The fourth-order valence-electron chi connectivity index (χ4n) is 4.11. The molecule has 0 radical (unpaired) electrons. The van der Waals surface area contributed by atoms with Crippen LogP contribution in [0.5, 0.6) is 5.75 Å². The third-order valence-electron chi connectivity index (χ3n) is 6.12. The number of aliphatic hydroxyl groups is 2. The van der Waals surface area contributed by atoms with Gasteiger partial charge < -0.3 is 19.5 Å². The topological polar surface area (TPSA) is 112 Å². The maximum absolute atomic E-state index is 13.9. The molecule has 39 heavy (non-hydrogen) atoms. The maximum atomic E-state index is 13.9. The molecule has 0 atom stereocenters. The summed E-state index contributed by atoms with van der Waals surface area (Å²) in [6.07, 6.45) is 1.30. The lowest BCUT2D eigenvalue weighted by Crippen LogP contribution is -2.47. The molecule has 2 heterocycles. The summed E-state index contributed by atoms with van der Waals surface area (Å²) in [7, 11) is 0. The monoisotopic (exact) mass is 561 g/mol. The van der Waals surface area contributed by atoms with Crippen molar-refractivity contribution in [1.82, 2.24) is 4.57 Å². The lowest BCUT2D eigenvalue weighted by molar-refractivity contribution is -0.133. The van der Waals surface area contributed by atoms with Crippen LogP contribution >= 0.6 is 11.6 Å². The number of anilines is 2. The van der Waals surface area contributed by atoms with Crippen LogP contribution in [0.1, 0.15) is 31.4 Å². The second-order valence-electron chi connectivity index (χ2n) is 9.50. The number of hydrogen-bond acceptors (Lipinski definition) is 6. The first-order valence-corrected chi connectivity index (χ1v) is 12.3. The first-order valence-electron chi connectivity index (χ1n) is 11.9. The van der Waals surface area contributed by atoms with E-state index in [-0.39, 0.29) is 49.2 Å². The van der Waals surface area contributed by atoms with Gasteiger partial charge in [-0.3, -0.25) is 24.2 Å². The van der Waals surface area contributed by atoms with Crippen molar-refractivity contribution in [2.24, 2.45) is 0 Å². The summed E-state index contributed by atoms with van der Waals surface area (Å²) in [5, 5.41) is 19.3. The Morgan fingerprint density at radius 3 is 2.49 bits per heavy atom. The lowest BCUT2D eigenvalue weighted by atomic mass is 10.1. The fraction of sp³-hybridized carbons (Fsp3) is 0.296. The number of aliphatic hydroxyl groups excluding tert-OH is 1. The molecule has 2 N–H and O–H groups in total. The average molecular weight is 562 g/mol. The van der Waals surface area contributed by atoms with Crippen molar-refractivity contribution in [1.29, 1.82) is 0 Å². The molecule has 2 aromatic carbocycles. The molecule has 1 aliphatic heterocycles. The second-order valence-corrected chi connectivity index (χ2v) is 9.88. The summed E-state index contributed by atoms with van der Waals surface area (Å²) in [6, 6.07) is 9.43. The van der Waals surface area contributed by atoms with Crippen LogP contribution in [0.25, 0.3) is 0 Å². The zero-order valence-corrected chi connectivity index (χ0v) is 21.9. The van der Waals surface area contributed by atoms with E-state index in [4.69, 9.17) is 16.3 Å². The minimum Gasteiger partial charge on any atom is -0.487 e. The molecule has 0 spiro atoms. The predicted octanol–water partition coefficient (Wildman–Crippen LogP) is 3.20. The van der Waals surface area contributed by atoms with E-state index in [0.29, 0.717) is 16.9 Å². The Morgan fingerprint density at radius 1 is 1.08 bits per heavy atom. The molecule has 0 saturated heterocycles. The molecule has 0 aliphatic carbocycles. The highest BCUT2D eigenvalue weighted by Crippen LogP contribution is 2.38. The van der Waals surface area contributed by atoms with Crippen molar-refractivity contribution in [2.45, 2.75) is 39.0 Å². The summed E-state index contributed by atoms with van der Waals surface area (Å²) in [6.45, 7) is 1.97. The van der Waals surface area contributed by atoms with E-state index in [1.165, 1.54) is 46.5 Å². The van der Waals surface area contributed by atoms with E-state index >= 15 is 0 Å². The molecule has 0 saturated carbocycles. The van der Waals surface area contributed by atoms with Gasteiger partial charge in [-0.2, -0.15) is 0 Å². The molecular formula is C27H26ClF2N3O6. The number of aromatic nitrogens is 1. The Balaban J connectivity index is 1.59. The van der Waals surface area contributed by atoms with E-state index in [0.717, 1.165) is 12.1 Å². The number of halogens is 3. The van der Waals surface area contributed by atoms with Crippen molar-refractivity contribution >= 4 is 34.8 Å². The molecule has 3 aromatic rings. The first-order chi connectivity index (χ1) is 18.4. The number of pyridine rings is 1. The van der Waals surface area contributed by atoms with Crippen LogP contribution in [0.3, 0.4) is 0 Å². The van der Waals surface area contributed by atoms with Gasteiger partial charge in [0.25, 0.3) is 11.5 Å². The number of carbonyl (C=O) groups excluding carboxylic acids is 2. The van der Waals surface area contributed by atoms with Gasteiger partial charge in [0.05, 0.1) is 30.9 Å². The number of rotatable bonds is 8. The summed E-state index contributed by atoms with van der Waals surface area (Å²) in [5.41, 5.74) is -0.812. The molecule has 0 fully saturated rings. The van der Waals surface area contributed by atoms with Gasteiger partial charge in [-0.05, 0) is 49.7 Å². The molecule has 0 bridgehead atoms. The number of fused-ring (bicyclic) bond motifs is 1. The Hall–Kier alpha value is -3.80. The van der Waals surface area contributed by atoms with Crippen molar-refractivity contribution in [3.8, 4) is 5.75 Å². The van der Waals surface area contributed by atoms with Gasteiger partial charge in [-0.25, -0.2) is 8.78 Å². The molecule has 0 unspecified atom stereocenters. The number of nitrogens with zero attached hydrogens (tertiary/aromatic N) is 3. The van der Waals surface area contributed by atoms with E-state index in [1.807, 2.05) is 0 Å². The Labute approximate surface area is 227 Å². The van der Waals surface area contributed by atoms with Gasteiger partial charge in [-0.1, -0.05) is 17.7 Å². The number of ether oxygens (including phenoxy) is 1. The molecule has 4 rings (SSSR count). The number of carbonyl (C=O) groups is 2. The molecular weight excluding hydrogens is 536 g/mol. The Morgan fingerprint density at radius 2 is 1.82 bits per heavy atom. The van der Waals surface area contributed by atoms with E-state index < -0.39 is 34.6 Å².